The summed E-state index contributed by atoms with van der Waals surface area (Å²) in [7, 11) is 0. The first kappa shape index (κ1) is 13.3. The highest BCUT2D eigenvalue weighted by Crippen LogP contribution is 2.31. The Bertz CT molecular complexity index is 317. The second kappa shape index (κ2) is 6.15. The first-order chi connectivity index (χ1) is 8.65. The van der Waals surface area contributed by atoms with E-state index in [9.17, 15) is 9.59 Å². The van der Waals surface area contributed by atoms with E-state index in [1.165, 1.54) is 12.8 Å². The number of likely N-dealkylation sites (tertiary alicyclic amines) is 1. The van der Waals surface area contributed by atoms with Crippen LogP contribution < -0.4 is 5.32 Å². The maximum absolute atomic E-state index is 11.4. The highest BCUT2D eigenvalue weighted by atomic mass is 16.5. The number of aliphatic carboxylic acids is 1. The van der Waals surface area contributed by atoms with Crippen LogP contribution in [0.2, 0.25) is 0 Å². The number of ether oxygens (including phenoxy) is 1. The molecular weight excluding hydrogens is 236 g/mol. The fraction of sp³-hybridized carbons (Fsp3) is 0.833. The maximum atomic E-state index is 11.4. The highest BCUT2D eigenvalue weighted by molar-refractivity contribution is 5.77. The van der Waals surface area contributed by atoms with Gasteiger partial charge in [-0.2, -0.15) is 0 Å². The molecule has 1 amide bonds. The predicted molar refractivity (Wildman–Crippen MR) is 64.2 cm³/mol. The molecule has 0 aromatic carbocycles. The van der Waals surface area contributed by atoms with Crippen LogP contribution in [0.4, 0.5) is 0 Å². The van der Waals surface area contributed by atoms with Crippen LogP contribution in [-0.4, -0.2) is 60.8 Å². The Morgan fingerprint density at radius 3 is 2.72 bits per heavy atom. The van der Waals surface area contributed by atoms with Crippen LogP contribution in [0, 0.1) is 5.92 Å². The fourth-order valence-electron chi connectivity index (χ4n) is 2.34. The molecule has 0 radical (unpaired) electrons. The van der Waals surface area contributed by atoms with Crippen LogP contribution in [0.5, 0.6) is 0 Å². The zero-order chi connectivity index (χ0) is 13.0. The molecule has 0 bridgehead atoms. The first-order valence-electron chi connectivity index (χ1n) is 6.45. The average Bonchev–Trinajstić information content (AvgIpc) is 3.06. The van der Waals surface area contributed by atoms with Gasteiger partial charge in [0.1, 0.15) is 13.2 Å². The van der Waals surface area contributed by atoms with E-state index in [0.717, 1.165) is 25.6 Å². The van der Waals surface area contributed by atoms with Gasteiger partial charge in [-0.05, 0) is 31.7 Å². The molecule has 1 unspecified atom stereocenters. The molecule has 0 aromatic rings. The summed E-state index contributed by atoms with van der Waals surface area (Å²) in [6.07, 6.45) is 3.77. The molecule has 2 fully saturated rings. The SMILES string of the molecule is O=C(O)COCC(=O)NCC1CCN(C2CC2)C1. The summed E-state index contributed by atoms with van der Waals surface area (Å²) in [5.74, 6) is -0.770. The van der Waals surface area contributed by atoms with Gasteiger partial charge in [0.15, 0.2) is 0 Å². The van der Waals surface area contributed by atoms with E-state index in [1.54, 1.807) is 0 Å². The van der Waals surface area contributed by atoms with E-state index in [2.05, 4.69) is 10.2 Å². The monoisotopic (exact) mass is 256 g/mol. The zero-order valence-corrected chi connectivity index (χ0v) is 10.4. The summed E-state index contributed by atoms with van der Waals surface area (Å²) < 4.78 is 4.72. The largest absolute Gasteiger partial charge is 0.480 e. The van der Waals surface area contributed by atoms with E-state index in [0.29, 0.717) is 12.5 Å². The number of hydrogen-bond donors (Lipinski definition) is 2. The van der Waals surface area contributed by atoms with Gasteiger partial charge in [0.25, 0.3) is 0 Å². The Hall–Kier alpha value is -1.14. The van der Waals surface area contributed by atoms with Gasteiger partial charge >= 0.3 is 5.97 Å². The third kappa shape index (κ3) is 4.27. The van der Waals surface area contributed by atoms with Crippen LogP contribution in [0.25, 0.3) is 0 Å². The van der Waals surface area contributed by atoms with E-state index >= 15 is 0 Å². The lowest BCUT2D eigenvalue weighted by molar-refractivity contribution is -0.143. The van der Waals surface area contributed by atoms with Gasteiger partial charge in [0, 0.05) is 19.1 Å². The smallest absolute Gasteiger partial charge is 0.329 e. The van der Waals surface area contributed by atoms with Crippen molar-refractivity contribution in [3.05, 3.63) is 0 Å². The van der Waals surface area contributed by atoms with Crippen molar-refractivity contribution in [2.75, 3.05) is 32.8 Å². The summed E-state index contributed by atoms with van der Waals surface area (Å²) in [6, 6.07) is 0.796. The summed E-state index contributed by atoms with van der Waals surface area (Å²) in [5.41, 5.74) is 0. The molecule has 2 aliphatic rings. The fourth-order valence-corrected chi connectivity index (χ4v) is 2.34. The summed E-state index contributed by atoms with van der Waals surface area (Å²) in [5, 5.41) is 11.1. The van der Waals surface area contributed by atoms with Gasteiger partial charge < -0.3 is 20.1 Å². The third-order valence-corrected chi connectivity index (χ3v) is 3.43. The minimum Gasteiger partial charge on any atom is -0.480 e. The normalized spacial score (nSPS) is 24.1. The molecule has 2 rings (SSSR count). The van der Waals surface area contributed by atoms with Gasteiger partial charge in [-0.1, -0.05) is 0 Å². The lowest BCUT2D eigenvalue weighted by atomic mass is 10.1. The molecule has 1 aliphatic carbocycles. The van der Waals surface area contributed by atoms with Gasteiger partial charge in [-0.3, -0.25) is 4.79 Å². The van der Waals surface area contributed by atoms with Crippen LogP contribution >= 0.6 is 0 Å². The standard InChI is InChI=1S/C12H20N2O4/c15-11(7-18-8-12(16)17)13-5-9-3-4-14(6-9)10-1-2-10/h9-10H,1-8H2,(H,13,15)(H,16,17). The van der Waals surface area contributed by atoms with Crippen LogP contribution in [0.3, 0.4) is 0 Å². The summed E-state index contributed by atoms with van der Waals surface area (Å²) in [6.45, 7) is 2.28. The zero-order valence-electron chi connectivity index (χ0n) is 10.4. The predicted octanol–water partition coefficient (Wildman–Crippen LogP) is -0.312. The van der Waals surface area contributed by atoms with Crippen LogP contribution in [-0.2, 0) is 14.3 Å². The quantitative estimate of drug-likeness (QED) is 0.653. The highest BCUT2D eigenvalue weighted by Gasteiger charge is 2.34. The lowest BCUT2D eigenvalue weighted by Gasteiger charge is -2.15. The van der Waals surface area contributed by atoms with Crippen LogP contribution in [0.15, 0.2) is 0 Å². The summed E-state index contributed by atoms with van der Waals surface area (Å²) >= 11 is 0. The number of carboxylic acids is 1. The molecule has 6 heteroatoms. The number of hydrogen-bond acceptors (Lipinski definition) is 4. The number of carbonyl (C=O) groups excluding carboxylic acids is 1. The van der Waals surface area contributed by atoms with E-state index in [4.69, 9.17) is 9.84 Å². The summed E-state index contributed by atoms with van der Waals surface area (Å²) in [4.78, 5) is 24.1. The molecule has 2 N–H and O–H groups in total. The van der Waals surface area contributed by atoms with Gasteiger partial charge in [0.2, 0.25) is 5.91 Å². The Labute approximate surface area is 106 Å². The average molecular weight is 256 g/mol. The Balaban J connectivity index is 1.54. The molecule has 102 valence electrons. The van der Waals surface area contributed by atoms with Crippen molar-refractivity contribution in [3.8, 4) is 0 Å². The van der Waals surface area contributed by atoms with Gasteiger partial charge in [0.05, 0.1) is 0 Å². The molecule has 0 spiro atoms. The van der Waals surface area contributed by atoms with Crippen molar-refractivity contribution in [2.45, 2.75) is 25.3 Å². The molecule has 18 heavy (non-hydrogen) atoms. The van der Waals surface area contributed by atoms with Crippen molar-refractivity contribution in [1.82, 2.24) is 10.2 Å². The molecule has 1 saturated heterocycles. The van der Waals surface area contributed by atoms with Gasteiger partial charge in [-0.15, -0.1) is 0 Å². The molecule has 1 aliphatic heterocycles. The van der Waals surface area contributed by atoms with Crippen molar-refractivity contribution >= 4 is 11.9 Å². The second-order valence-electron chi connectivity index (χ2n) is 5.07. The van der Waals surface area contributed by atoms with Crippen molar-refractivity contribution in [2.24, 2.45) is 5.92 Å². The molecular formula is C12H20N2O4. The first-order valence-corrected chi connectivity index (χ1v) is 6.45. The van der Waals surface area contributed by atoms with Crippen LogP contribution in [0.1, 0.15) is 19.3 Å². The minimum atomic E-state index is -1.06. The molecule has 1 saturated carbocycles. The number of nitrogens with zero attached hydrogens (tertiary/aromatic N) is 1. The Kier molecular flexibility index (Phi) is 4.54. The Morgan fingerprint density at radius 1 is 1.28 bits per heavy atom. The number of carbonyl (C=O) groups is 2. The number of rotatable bonds is 7. The van der Waals surface area contributed by atoms with Crippen molar-refractivity contribution < 1.29 is 19.4 Å². The molecule has 6 nitrogen and oxygen atoms in total. The van der Waals surface area contributed by atoms with E-state index in [1.807, 2.05) is 0 Å². The third-order valence-electron chi connectivity index (χ3n) is 3.43. The molecule has 1 heterocycles. The van der Waals surface area contributed by atoms with Crippen molar-refractivity contribution in [1.29, 1.82) is 0 Å². The van der Waals surface area contributed by atoms with Crippen molar-refractivity contribution in [3.63, 3.8) is 0 Å². The number of carboxylic acid groups (broad SMARTS) is 1. The van der Waals surface area contributed by atoms with Gasteiger partial charge in [-0.25, -0.2) is 4.79 Å². The number of nitrogens with one attached hydrogen (secondary N) is 1. The minimum absolute atomic E-state index is 0.175. The van der Waals surface area contributed by atoms with E-state index in [-0.39, 0.29) is 12.5 Å². The second-order valence-corrected chi connectivity index (χ2v) is 5.07. The molecule has 0 aromatic heterocycles. The maximum Gasteiger partial charge on any atom is 0.329 e. The van der Waals surface area contributed by atoms with E-state index < -0.39 is 12.6 Å². The number of amides is 1. The molecule has 1 atom stereocenters. The Morgan fingerprint density at radius 2 is 2.06 bits per heavy atom. The lowest BCUT2D eigenvalue weighted by Crippen LogP contribution is -2.34. The topological polar surface area (TPSA) is 78.9 Å².